The number of ether oxygens (including phenoxy) is 1. The zero-order valence-electron chi connectivity index (χ0n) is 11.4. The lowest BCUT2D eigenvalue weighted by atomic mass is 10.00. The second-order valence-corrected chi connectivity index (χ2v) is 5.99. The molecule has 0 bridgehead atoms. The Morgan fingerprint density at radius 2 is 2.05 bits per heavy atom. The molecule has 1 aliphatic heterocycles. The van der Waals surface area contributed by atoms with Crippen LogP contribution in [0.4, 0.5) is 0 Å². The molecule has 1 aliphatic carbocycles. The van der Waals surface area contributed by atoms with Gasteiger partial charge in [-0.05, 0) is 43.7 Å². The standard InChI is InChI=1S/C15H19ClN2O2/c16-13-4-3-12(14(18-13)11-1-2-11)15(19)17-9-10-5-7-20-8-6-10/h3-4,10-11H,1-2,5-9H2,(H,17,19). The molecule has 2 fully saturated rings. The molecule has 1 saturated carbocycles. The van der Waals surface area contributed by atoms with Crippen LogP contribution in [0.3, 0.4) is 0 Å². The molecule has 1 aromatic rings. The highest BCUT2D eigenvalue weighted by Gasteiger charge is 2.30. The van der Waals surface area contributed by atoms with E-state index < -0.39 is 0 Å². The van der Waals surface area contributed by atoms with E-state index in [1.807, 2.05) is 0 Å². The molecule has 0 atom stereocenters. The van der Waals surface area contributed by atoms with E-state index in [0.29, 0.717) is 22.6 Å². The van der Waals surface area contributed by atoms with Gasteiger partial charge in [-0.25, -0.2) is 4.98 Å². The van der Waals surface area contributed by atoms with Gasteiger partial charge in [0.1, 0.15) is 5.15 Å². The fourth-order valence-corrected chi connectivity index (χ4v) is 2.75. The van der Waals surface area contributed by atoms with Crippen LogP contribution < -0.4 is 5.32 Å². The maximum atomic E-state index is 12.3. The SMILES string of the molecule is O=C(NCC1CCOCC1)c1ccc(Cl)nc1C1CC1. The van der Waals surface area contributed by atoms with E-state index in [9.17, 15) is 4.79 Å². The van der Waals surface area contributed by atoms with Crippen LogP contribution in [0.1, 0.15) is 47.7 Å². The predicted molar refractivity (Wildman–Crippen MR) is 77.1 cm³/mol. The van der Waals surface area contributed by atoms with Crippen LogP contribution in [-0.4, -0.2) is 30.6 Å². The molecule has 20 heavy (non-hydrogen) atoms. The molecule has 2 heterocycles. The summed E-state index contributed by atoms with van der Waals surface area (Å²) in [7, 11) is 0. The molecule has 1 saturated heterocycles. The first-order valence-corrected chi connectivity index (χ1v) is 7.64. The van der Waals surface area contributed by atoms with Crippen LogP contribution in [0, 0.1) is 5.92 Å². The maximum absolute atomic E-state index is 12.3. The van der Waals surface area contributed by atoms with Gasteiger partial charge in [0.15, 0.2) is 0 Å². The molecule has 1 aromatic heterocycles. The quantitative estimate of drug-likeness (QED) is 0.869. The summed E-state index contributed by atoms with van der Waals surface area (Å²) in [5, 5.41) is 3.50. The number of hydrogen-bond acceptors (Lipinski definition) is 3. The van der Waals surface area contributed by atoms with Crippen molar-refractivity contribution in [3.05, 3.63) is 28.5 Å². The van der Waals surface area contributed by atoms with Gasteiger partial charge in [0.05, 0.1) is 11.3 Å². The van der Waals surface area contributed by atoms with E-state index in [0.717, 1.165) is 51.1 Å². The molecule has 5 heteroatoms. The lowest BCUT2D eigenvalue weighted by Crippen LogP contribution is -2.32. The van der Waals surface area contributed by atoms with E-state index in [1.54, 1.807) is 12.1 Å². The topological polar surface area (TPSA) is 51.2 Å². The number of rotatable bonds is 4. The molecule has 2 aliphatic rings. The highest BCUT2D eigenvalue weighted by Crippen LogP contribution is 2.41. The van der Waals surface area contributed by atoms with Crippen LogP contribution in [0.2, 0.25) is 5.15 Å². The average molecular weight is 295 g/mol. The van der Waals surface area contributed by atoms with E-state index in [-0.39, 0.29) is 5.91 Å². The average Bonchev–Trinajstić information content (AvgIpc) is 3.30. The van der Waals surface area contributed by atoms with Crippen molar-refractivity contribution in [2.24, 2.45) is 5.92 Å². The Bertz CT molecular complexity index is 497. The van der Waals surface area contributed by atoms with Crippen molar-refractivity contribution in [3.8, 4) is 0 Å². The first kappa shape index (κ1) is 13.8. The summed E-state index contributed by atoms with van der Waals surface area (Å²) in [6.45, 7) is 2.32. The second kappa shape index (κ2) is 6.10. The number of pyridine rings is 1. The Morgan fingerprint density at radius 3 is 2.75 bits per heavy atom. The molecule has 108 valence electrons. The van der Waals surface area contributed by atoms with Gasteiger partial charge in [-0.2, -0.15) is 0 Å². The number of nitrogens with one attached hydrogen (secondary N) is 1. The molecule has 0 unspecified atom stereocenters. The summed E-state index contributed by atoms with van der Waals surface area (Å²) < 4.78 is 5.33. The third kappa shape index (κ3) is 3.30. The number of hydrogen-bond donors (Lipinski definition) is 1. The Labute approximate surface area is 123 Å². The van der Waals surface area contributed by atoms with Crippen LogP contribution in [0.15, 0.2) is 12.1 Å². The Hall–Kier alpha value is -1.13. The minimum Gasteiger partial charge on any atom is -0.381 e. The summed E-state index contributed by atoms with van der Waals surface area (Å²) in [5.74, 6) is 0.914. The van der Waals surface area contributed by atoms with Gasteiger partial charge in [0.25, 0.3) is 5.91 Å². The van der Waals surface area contributed by atoms with E-state index >= 15 is 0 Å². The zero-order valence-corrected chi connectivity index (χ0v) is 12.2. The Morgan fingerprint density at radius 1 is 1.30 bits per heavy atom. The van der Waals surface area contributed by atoms with Crippen molar-refractivity contribution in [2.45, 2.75) is 31.6 Å². The summed E-state index contributed by atoms with van der Waals surface area (Å²) in [6.07, 6.45) is 4.25. The van der Waals surface area contributed by atoms with Gasteiger partial charge in [-0.1, -0.05) is 11.6 Å². The number of nitrogens with zero attached hydrogens (tertiary/aromatic N) is 1. The van der Waals surface area contributed by atoms with E-state index in [4.69, 9.17) is 16.3 Å². The summed E-state index contributed by atoms with van der Waals surface area (Å²) in [5.41, 5.74) is 1.55. The van der Waals surface area contributed by atoms with Gasteiger partial charge in [0.2, 0.25) is 0 Å². The smallest absolute Gasteiger partial charge is 0.253 e. The zero-order chi connectivity index (χ0) is 13.9. The van der Waals surface area contributed by atoms with Crippen molar-refractivity contribution >= 4 is 17.5 Å². The first-order valence-electron chi connectivity index (χ1n) is 7.26. The summed E-state index contributed by atoms with van der Waals surface area (Å²) >= 11 is 5.94. The molecule has 0 spiro atoms. The molecular weight excluding hydrogens is 276 g/mol. The maximum Gasteiger partial charge on any atom is 0.253 e. The molecule has 1 amide bonds. The predicted octanol–water partition coefficient (Wildman–Crippen LogP) is 2.77. The number of aromatic nitrogens is 1. The number of halogens is 1. The van der Waals surface area contributed by atoms with Crippen molar-refractivity contribution in [1.82, 2.24) is 10.3 Å². The minimum absolute atomic E-state index is 0.0254. The monoisotopic (exact) mass is 294 g/mol. The van der Waals surface area contributed by atoms with Crippen molar-refractivity contribution in [2.75, 3.05) is 19.8 Å². The third-order valence-electron chi connectivity index (χ3n) is 3.99. The lowest BCUT2D eigenvalue weighted by Gasteiger charge is -2.22. The lowest BCUT2D eigenvalue weighted by molar-refractivity contribution is 0.0642. The molecular formula is C15H19ClN2O2. The molecule has 0 radical (unpaired) electrons. The Kier molecular flexibility index (Phi) is 4.22. The molecule has 1 N–H and O–H groups in total. The van der Waals surface area contributed by atoms with Gasteiger partial charge in [0, 0.05) is 25.7 Å². The normalized spacial score (nSPS) is 19.9. The third-order valence-corrected chi connectivity index (χ3v) is 4.20. The van der Waals surface area contributed by atoms with Crippen molar-refractivity contribution < 1.29 is 9.53 Å². The van der Waals surface area contributed by atoms with Crippen molar-refractivity contribution in [1.29, 1.82) is 0 Å². The summed E-state index contributed by atoms with van der Waals surface area (Å²) in [4.78, 5) is 16.7. The van der Waals surface area contributed by atoms with Crippen LogP contribution in [-0.2, 0) is 4.74 Å². The Balaban J connectivity index is 1.64. The number of carbonyl (C=O) groups excluding carboxylic acids is 1. The number of carbonyl (C=O) groups is 1. The largest absolute Gasteiger partial charge is 0.381 e. The van der Waals surface area contributed by atoms with Crippen LogP contribution in [0.25, 0.3) is 0 Å². The highest BCUT2D eigenvalue weighted by molar-refractivity contribution is 6.29. The van der Waals surface area contributed by atoms with Gasteiger partial charge < -0.3 is 10.1 Å². The summed E-state index contributed by atoms with van der Waals surface area (Å²) in [6, 6.07) is 3.49. The van der Waals surface area contributed by atoms with Gasteiger partial charge >= 0.3 is 0 Å². The van der Waals surface area contributed by atoms with Gasteiger partial charge in [-0.15, -0.1) is 0 Å². The molecule has 4 nitrogen and oxygen atoms in total. The van der Waals surface area contributed by atoms with Crippen molar-refractivity contribution in [3.63, 3.8) is 0 Å². The van der Waals surface area contributed by atoms with Crippen LogP contribution in [0.5, 0.6) is 0 Å². The fraction of sp³-hybridized carbons (Fsp3) is 0.600. The number of amides is 1. The minimum atomic E-state index is -0.0254. The van der Waals surface area contributed by atoms with Crippen LogP contribution >= 0.6 is 11.6 Å². The van der Waals surface area contributed by atoms with E-state index in [2.05, 4.69) is 10.3 Å². The van der Waals surface area contributed by atoms with E-state index in [1.165, 1.54) is 0 Å². The van der Waals surface area contributed by atoms with Gasteiger partial charge in [-0.3, -0.25) is 4.79 Å². The first-order chi connectivity index (χ1) is 9.74. The molecule has 0 aromatic carbocycles. The highest BCUT2D eigenvalue weighted by atomic mass is 35.5. The fourth-order valence-electron chi connectivity index (χ4n) is 2.59. The second-order valence-electron chi connectivity index (χ2n) is 5.61. The molecule has 3 rings (SSSR count).